The van der Waals surface area contributed by atoms with E-state index in [-0.39, 0.29) is 11.8 Å². The van der Waals surface area contributed by atoms with Crippen molar-refractivity contribution in [2.24, 2.45) is 5.92 Å². The number of hydrogen-bond donors (Lipinski definition) is 1. The first kappa shape index (κ1) is 13.7. The zero-order valence-corrected chi connectivity index (χ0v) is 11.4. The van der Waals surface area contributed by atoms with Gasteiger partial charge in [-0.05, 0) is 25.0 Å². The molecule has 1 aliphatic rings. The fraction of sp³-hybridized carbons (Fsp3) is 0.429. The number of nitrogens with zero attached hydrogens (tertiary/aromatic N) is 2. The lowest BCUT2D eigenvalue weighted by atomic mass is 9.96. The minimum atomic E-state index is 0.0527. The summed E-state index contributed by atoms with van der Waals surface area (Å²) >= 11 is 5.81. The quantitative estimate of drug-likeness (QED) is 0.856. The largest absolute Gasteiger partial charge is 0.357 e. The van der Waals surface area contributed by atoms with Crippen LogP contribution in [0.4, 0.5) is 5.82 Å². The predicted octanol–water partition coefficient (Wildman–Crippen LogP) is 1.70. The highest BCUT2D eigenvalue weighted by molar-refractivity contribution is 6.30. The number of halogens is 1. The second-order valence-corrected chi connectivity index (χ2v) is 4.95. The van der Waals surface area contributed by atoms with Gasteiger partial charge in [0.15, 0.2) is 0 Å². The van der Waals surface area contributed by atoms with Crippen molar-refractivity contribution in [2.75, 3.05) is 24.5 Å². The Morgan fingerprint density at radius 1 is 1.53 bits per heavy atom. The summed E-state index contributed by atoms with van der Waals surface area (Å²) in [5.74, 6) is 3.43. The van der Waals surface area contributed by atoms with Gasteiger partial charge in [-0.15, -0.1) is 6.42 Å². The maximum Gasteiger partial charge on any atom is 0.223 e. The summed E-state index contributed by atoms with van der Waals surface area (Å²) in [5.41, 5.74) is 0. The van der Waals surface area contributed by atoms with Gasteiger partial charge in [0.05, 0.1) is 11.6 Å². The second kappa shape index (κ2) is 6.44. The zero-order chi connectivity index (χ0) is 13.7. The number of rotatable bonds is 3. The molecule has 1 N–H and O–H groups in total. The van der Waals surface area contributed by atoms with Gasteiger partial charge in [-0.2, -0.15) is 0 Å². The molecule has 0 saturated carbocycles. The third-order valence-corrected chi connectivity index (χ3v) is 3.49. The number of pyridine rings is 1. The molecule has 100 valence electrons. The molecule has 0 aromatic carbocycles. The van der Waals surface area contributed by atoms with Crippen LogP contribution in [0.1, 0.15) is 12.8 Å². The number of carbonyl (C=O) groups is 1. The van der Waals surface area contributed by atoms with Crippen LogP contribution in [0.3, 0.4) is 0 Å². The van der Waals surface area contributed by atoms with Gasteiger partial charge in [0, 0.05) is 25.2 Å². The van der Waals surface area contributed by atoms with E-state index in [1.54, 1.807) is 6.20 Å². The third-order valence-electron chi connectivity index (χ3n) is 3.27. The van der Waals surface area contributed by atoms with Gasteiger partial charge in [0.1, 0.15) is 5.82 Å². The zero-order valence-electron chi connectivity index (χ0n) is 10.6. The molecule has 0 aliphatic carbocycles. The first-order valence-corrected chi connectivity index (χ1v) is 6.66. The number of carbonyl (C=O) groups excluding carboxylic acids is 1. The monoisotopic (exact) mass is 277 g/mol. The van der Waals surface area contributed by atoms with Crippen LogP contribution in [0, 0.1) is 18.3 Å². The van der Waals surface area contributed by atoms with Crippen LogP contribution in [0.15, 0.2) is 18.3 Å². The highest BCUT2D eigenvalue weighted by Crippen LogP contribution is 2.22. The average Bonchev–Trinajstić information content (AvgIpc) is 2.46. The summed E-state index contributed by atoms with van der Waals surface area (Å²) in [6.07, 6.45) is 8.41. The van der Waals surface area contributed by atoms with E-state index >= 15 is 0 Å². The summed E-state index contributed by atoms with van der Waals surface area (Å²) < 4.78 is 0. The third kappa shape index (κ3) is 3.62. The maximum atomic E-state index is 11.8. The van der Waals surface area contributed by atoms with Gasteiger partial charge in [-0.3, -0.25) is 4.79 Å². The van der Waals surface area contributed by atoms with Crippen molar-refractivity contribution in [3.8, 4) is 12.3 Å². The van der Waals surface area contributed by atoms with Crippen LogP contribution in [0.5, 0.6) is 0 Å². The van der Waals surface area contributed by atoms with Gasteiger partial charge in [-0.1, -0.05) is 17.5 Å². The number of anilines is 1. The predicted molar refractivity (Wildman–Crippen MR) is 76.0 cm³/mol. The molecule has 1 fully saturated rings. The van der Waals surface area contributed by atoms with E-state index in [1.165, 1.54) is 0 Å². The Morgan fingerprint density at radius 2 is 2.26 bits per heavy atom. The van der Waals surface area contributed by atoms with Crippen LogP contribution in [-0.2, 0) is 4.79 Å². The number of nitrogens with one attached hydrogen (secondary N) is 1. The Morgan fingerprint density at radius 3 is 2.84 bits per heavy atom. The molecule has 1 aromatic heterocycles. The molecule has 19 heavy (non-hydrogen) atoms. The van der Waals surface area contributed by atoms with E-state index in [1.807, 2.05) is 12.1 Å². The molecule has 0 radical (unpaired) electrons. The van der Waals surface area contributed by atoms with Crippen molar-refractivity contribution in [1.82, 2.24) is 10.3 Å². The molecule has 1 aromatic rings. The second-order valence-electron chi connectivity index (χ2n) is 4.52. The van der Waals surface area contributed by atoms with Gasteiger partial charge in [0.25, 0.3) is 0 Å². The van der Waals surface area contributed by atoms with E-state index in [0.29, 0.717) is 11.6 Å². The lowest BCUT2D eigenvalue weighted by molar-refractivity contribution is -0.125. The van der Waals surface area contributed by atoms with Crippen molar-refractivity contribution in [2.45, 2.75) is 12.8 Å². The minimum Gasteiger partial charge on any atom is -0.357 e. The highest BCUT2D eigenvalue weighted by atomic mass is 35.5. The van der Waals surface area contributed by atoms with Gasteiger partial charge in [0.2, 0.25) is 5.91 Å². The average molecular weight is 278 g/mol. The van der Waals surface area contributed by atoms with Crippen molar-refractivity contribution in [3.63, 3.8) is 0 Å². The molecular weight excluding hydrogens is 262 g/mol. The van der Waals surface area contributed by atoms with Gasteiger partial charge >= 0.3 is 0 Å². The Balaban J connectivity index is 1.87. The molecule has 1 saturated heterocycles. The molecule has 5 heteroatoms. The number of hydrogen-bond acceptors (Lipinski definition) is 3. The van der Waals surface area contributed by atoms with Crippen LogP contribution in [0.25, 0.3) is 0 Å². The lowest BCUT2D eigenvalue weighted by Gasteiger charge is -2.32. The summed E-state index contributed by atoms with van der Waals surface area (Å²) in [6, 6.07) is 3.73. The Labute approximate surface area is 118 Å². The number of terminal acetylenes is 1. The first-order valence-electron chi connectivity index (χ1n) is 6.28. The minimum absolute atomic E-state index is 0.0527. The maximum absolute atomic E-state index is 11.8. The van der Waals surface area contributed by atoms with E-state index in [0.717, 1.165) is 31.7 Å². The summed E-state index contributed by atoms with van der Waals surface area (Å²) in [4.78, 5) is 18.2. The summed E-state index contributed by atoms with van der Waals surface area (Å²) in [6.45, 7) is 1.95. The van der Waals surface area contributed by atoms with Crippen LogP contribution < -0.4 is 10.2 Å². The normalized spacial score (nSPS) is 15.9. The van der Waals surface area contributed by atoms with E-state index in [2.05, 4.69) is 21.1 Å². The molecule has 0 atom stereocenters. The molecule has 0 bridgehead atoms. The van der Waals surface area contributed by atoms with E-state index in [9.17, 15) is 4.79 Å². The van der Waals surface area contributed by atoms with Crippen molar-refractivity contribution >= 4 is 23.3 Å². The van der Waals surface area contributed by atoms with Crippen LogP contribution >= 0.6 is 11.6 Å². The lowest BCUT2D eigenvalue weighted by Crippen LogP contribution is -2.40. The molecule has 1 aliphatic heterocycles. The fourth-order valence-electron chi connectivity index (χ4n) is 2.21. The number of amides is 1. The smallest absolute Gasteiger partial charge is 0.223 e. The van der Waals surface area contributed by atoms with Gasteiger partial charge in [-0.25, -0.2) is 4.98 Å². The van der Waals surface area contributed by atoms with Crippen molar-refractivity contribution in [3.05, 3.63) is 23.4 Å². The van der Waals surface area contributed by atoms with E-state index in [4.69, 9.17) is 18.0 Å². The molecule has 4 nitrogen and oxygen atoms in total. The van der Waals surface area contributed by atoms with E-state index < -0.39 is 0 Å². The fourth-order valence-corrected chi connectivity index (χ4v) is 2.32. The SMILES string of the molecule is C#CCNC(=O)C1CCN(c2ccc(Cl)cn2)CC1. The molecular formula is C14H16ClN3O. The molecule has 2 rings (SSSR count). The Hall–Kier alpha value is -1.73. The first-order chi connectivity index (χ1) is 9.20. The Bertz CT molecular complexity index is 472. The van der Waals surface area contributed by atoms with Gasteiger partial charge < -0.3 is 10.2 Å². The molecule has 1 amide bonds. The summed E-state index contributed by atoms with van der Waals surface area (Å²) in [7, 11) is 0. The van der Waals surface area contributed by atoms with Crippen LogP contribution in [-0.4, -0.2) is 30.5 Å². The topological polar surface area (TPSA) is 45.2 Å². The summed E-state index contributed by atoms with van der Waals surface area (Å²) in [5, 5.41) is 3.37. The number of piperidine rings is 1. The number of aromatic nitrogens is 1. The molecule has 2 heterocycles. The van der Waals surface area contributed by atoms with Crippen LogP contribution in [0.2, 0.25) is 5.02 Å². The highest BCUT2D eigenvalue weighted by Gasteiger charge is 2.25. The standard InChI is InChI=1S/C14H16ClN3O/c1-2-7-16-14(19)11-5-8-18(9-6-11)13-4-3-12(15)10-17-13/h1,3-4,10-11H,5-9H2,(H,16,19). The van der Waals surface area contributed by atoms with Crippen molar-refractivity contribution in [1.29, 1.82) is 0 Å². The molecule has 0 spiro atoms. The molecule has 0 unspecified atom stereocenters. The Kier molecular flexibility index (Phi) is 4.64. The van der Waals surface area contributed by atoms with Crippen molar-refractivity contribution < 1.29 is 4.79 Å².